The van der Waals surface area contributed by atoms with Gasteiger partial charge in [-0.3, -0.25) is 4.79 Å². The normalized spacial score (nSPS) is 8.67. The van der Waals surface area contributed by atoms with E-state index in [2.05, 4.69) is 0 Å². The molecule has 1 aromatic heterocycles. The van der Waals surface area contributed by atoms with Crippen molar-refractivity contribution in [2.75, 3.05) is 5.73 Å². The highest BCUT2D eigenvalue weighted by Crippen LogP contribution is 2.03. The van der Waals surface area contributed by atoms with Crippen LogP contribution in [0.2, 0.25) is 0 Å². The van der Waals surface area contributed by atoms with Crippen LogP contribution in [0.25, 0.3) is 0 Å². The number of nitrogen functional groups attached to an aromatic ring is 1. The average Bonchev–Trinajstić information content (AvgIpc) is 2.05. The fourth-order valence-corrected chi connectivity index (χ4v) is 0.744. The van der Waals surface area contributed by atoms with Gasteiger partial charge in [0.2, 0.25) is 0 Å². The van der Waals surface area contributed by atoms with Crippen molar-refractivity contribution in [1.82, 2.24) is 4.57 Å². The summed E-state index contributed by atoms with van der Waals surface area (Å²) in [6.07, 6.45) is 1.62. The number of hydrogen-bond donors (Lipinski definition) is 1. The van der Waals surface area contributed by atoms with E-state index >= 15 is 0 Å². The minimum Gasteiger partial charge on any atom is -0.397 e. The van der Waals surface area contributed by atoms with Gasteiger partial charge >= 0.3 is 0 Å². The first-order chi connectivity index (χ1) is 5.61. The summed E-state index contributed by atoms with van der Waals surface area (Å²) in [5, 5.41) is 0. The second-order valence-electron chi connectivity index (χ2n) is 2.36. The molecule has 12 heavy (non-hydrogen) atoms. The lowest BCUT2D eigenvalue weighted by Gasteiger charge is -2.00. The van der Waals surface area contributed by atoms with Crippen molar-refractivity contribution in [1.29, 1.82) is 0 Å². The van der Waals surface area contributed by atoms with E-state index in [1.165, 1.54) is 10.6 Å². The second-order valence-corrected chi connectivity index (χ2v) is 2.36. The molecule has 3 heteroatoms. The molecule has 0 bridgehead atoms. The smallest absolute Gasteiger partial charge is 0.250 e. The zero-order chi connectivity index (χ0) is 9.72. The molecule has 0 aliphatic heterocycles. The molecule has 1 aromatic rings. The van der Waals surface area contributed by atoms with Crippen LogP contribution in [-0.2, 0) is 7.05 Å². The van der Waals surface area contributed by atoms with Gasteiger partial charge in [-0.1, -0.05) is 13.8 Å². The van der Waals surface area contributed by atoms with Crippen LogP contribution in [-0.4, -0.2) is 4.57 Å². The Kier molecular flexibility index (Phi) is 4.11. The number of rotatable bonds is 0. The van der Waals surface area contributed by atoms with Crippen LogP contribution in [0.15, 0.2) is 17.1 Å². The number of anilines is 1. The van der Waals surface area contributed by atoms with Crippen molar-refractivity contribution >= 4 is 5.69 Å². The lowest BCUT2D eigenvalue weighted by atomic mass is 10.2. The second kappa shape index (κ2) is 4.59. The van der Waals surface area contributed by atoms with E-state index in [1.54, 1.807) is 13.2 Å². The molecule has 0 aliphatic carbocycles. The van der Waals surface area contributed by atoms with Crippen molar-refractivity contribution < 1.29 is 0 Å². The molecule has 0 atom stereocenters. The third-order valence-electron chi connectivity index (χ3n) is 1.48. The Morgan fingerprint density at radius 1 is 1.42 bits per heavy atom. The fourth-order valence-electron chi connectivity index (χ4n) is 0.744. The Hall–Kier alpha value is -1.25. The zero-order valence-electron chi connectivity index (χ0n) is 8.09. The fraction of sp³-hybridized carbons (Fsp3) is 0.444. The van der Waals surface area contributed by atoms with Crippen LogP contribution >= 0.6 is 0 Å². The first kappa shape index (κ1) is 10.8. The molecular weight excluding hydrogens is 152 g/mol. The van der Waals surface area contributed by atoms with Gasteiger partial charge in [-0.05, 0) is 12.5 Å². The van der Waals surface area contributed by atoms with Crippen LogP contribution < -0.4 is 11.3 Å². The van der Waals surface area contributed by atoms with Crippen LogP contribution in [0.5, 0.6) is 0 Å². The summed E-state index contributed by atoms with van der Waals surface area (Å²) in [6.45, 7) is 5.82. The minimum atomic E-state index is -0.0216. The number of aromatic nitrogens is 1. The Labute approximate surface area is 72.8 Å². The molecule has 0 spiro atoms. The molecule has 0 unspecified atom stereocenters. The van der Waals surface area contributed by atoms with Crippen LogP contribution in [0.3, 0.4) is 0 Å². The van der Waals surface area contributed by atoms with Gasteiger partial charge in [-0.25, -0.2) is 0 Å². The zero-order valence-corrected chi connectivity index (χ0v) is 8.09. The van der Waals surface area contributed by atoms with E-state index in [0.29, 0.717) is 5.69 Å². The third-order valence-corrected chi connectivity index (χ3v) is 1.48. The standard InChI is InChI=1S/C7H10N2O.C2H6/c1-5-3-7(10)9(2)4-6(5)8;1-2/h3-4H,8H2,1-2H3;1-2H3. The first-order valence-electron chi connectivity index (χ1n) is 4.04. The van der Waals surface area contributed by atoms with Gasteiger partial charge in [0.15, 0.2) is 0 Å². The number of nitrogens with zero attached hydrogens (tertiary/aromatic N) is 1. The summed E-state index contributed by atoms with van der Waals surface area (Å²) in [7, 11) is 1.68. The van der Waals surface area contributed by atoms with Crippen molar-refractivity contribution in [2.45, 2.75) is 20.8 Å². The molecule has 0 radical (unpaired) electrons. The summed E-state index contributed by atoms with van der Waals surface area (Å²) in [5.41, 5.74) is 7.00. The number of pyridine rings is 1. The summed E-state index contributed by atoms with van der Waals surface area (Å²) in [6, 6.07) is 1.52. The Bertz CT molecular complexity index is 302. The Morgan fingerprint density at radius 3 is 2.33 bits per heavy atom. The third kappa shape index (κ3) is 2.42. The average molecular weight is 168 g/mol. The van der Waals surface area contributed by atoms with Gasteiger partial charge in [-0.2, -0.15) is 0 Å². The summed E-state index contributed by atoms with van der Waals surface area (Å²) in [5.74, 6) is 0. The van der Waals surface area contributed by atoms with Gasteiger partial charge in [0.25, 0.3) is 5.56 Å². The summed E-state index contributed by atoms with van der Waals surface area (Å²) < 4.78 is 1.46. The molecule has 0 saturated carbocycles. The number of nitrogens with two attached hydrogens (primary N) is 1. The highest BCUT2D eigenvalue weighted by Gasteiger charge is 1.94. The highest BCUT2D eigenvalue weighted by molar-refractivity contribution is 5.42. The van der Waals surface area contributed by atoms with E-state index in [1.807, 2.05) is 20.8 Å². The molecule has 68 valence electrons. The van der Waals surface area contributed by atoms with Crippen LogP contribution in [0.4, 0.5) is 5.69 Å². The summed E-state index contributed by atoms with van der Waals surface area (Å²) in [4.78, 5) is 10.9. The van der Waals surface area contributed by atoms with E-state index in [4.69, 9.17) is 5.73 Å². The SMILES string of the molecule is CC.Cc1cc(=O)n(C)cc1N. The van der Waals surface area contributed by atoms with Crippen molar-refractivity contribution in [3.05, 3.63) is 28.2 Å². The van der Waals surface area contributed by atoms with Gasteiger partial charge < -0.3 is 10.3 Å². The molecule has 0 fully saturated rings. The predicted octanol–water partition coefficient (Wildman–Crippen LogP) is 1.30. The molecular formula is C9H16N2O. The highest BCUT2D eigenvalue weighted by atomic mass is 16.1. The predicted molar refractivity (Wildman–Crippen MR) is 52.2 cm³/mol. The van der Waals surface area contributed by atoms with Crippen LogP contribution in [0, 0.1) is 6.92 Å². The maximum Gasteiger partial charge on any atom is 0.250 e. The first-order valence-corrected chi connectivity index (χ1v) is 4.04. The van der Waals surface area contributed by atoms with E-state index in [0.717, 1.165) is 5.56 Å². The maximum atomic E-state index is 10.9. The molecule has 0 aliphatic rings. The number of hydrogen-bond acceptors (Lipinski definition) is 2. The van der Waals surface area contributed by atoms with Crippen molar-refractivity contribution in [3.8, 4) is 0 Å². The molecule has 1 heterocycles. The molecule has 0 aromatic carbocycles. The van der Waals surface area contributed by atoms with Gasteiger partial charge in [0.1, 0.15) is 0 Å². The van der Waals surface area contributed by atoms with E-state index in [9.17, 15) is 4.79 Å². The molecule has 3 nitrogen and oxygen atoms in total. The lowest BCUT2D eigenvalue weighted by molar-refractivity contribution is 0.859. The van der Waals surface area contributed by atoms with Crippen molar-refractivity contribution in [2.24, 2.45) is 7.05 Å². The van der Waals surface area contributed by atoms with Gasteiger partial charge in [0.05, 0.1) is 5.69 Å². The van der Waals surface area contributed by atoms with Gasteiger partial charge in [0, 0.05) is 19.3 Å². The maximum absolute atomic E-state index is 10.9. The lowest BCUT2D eigenvalue weighted by Crippen LogP contribution is -2.16. The molecule has 0 amide bonds. The topological polar surface area (TPSA) is 48.0 Å². The molecule has 0 saturated heterocycles. The minimum absolute atomic E-state index is 0.0216. The largest absolute Gasteiger partial charge is 0.397 e. The Morgan fingerprint density at radius 2 is 1.92 bits per heavy atom. The van der Waals surface area contributed by atoms with E-state index < -0.39 is 0 Å². The van der Waals surface area contributed by atoms with Crippen molar-refractivity contribution in [3.63, 3.8) is 0 Å². The Balaban J connectivity index is 0.000000561. The number of aryl methyl sites for hydroxylation is 2. The summed E-state index contributed by atoms with van der Waals surface area (Å²) >= 11 is 0. The molecule has 1 rings (SSSR count). The van der Waals surface area contributed by atoms with E-state index in [-0.39, 0.29) is 5.56 Å². The van der Waals surface area contributed by atoms with Gasteiger partial charge in [-0.15, -0.1) is 0 Å². The van der Waals surface area contributed by atoms with Crippen LogP contribution in [0.1, 0.15) is 19.4 Å². The molecule has 2 N–H and O–H groups in total. The monoisotopic (exact) mass is 168 g/mol. The quantitative estimate of drug-likeness (QED) is 0.634.